The van der Waals surface area contributed by atoms with Crippen molar-refractivity contribution in [2.75, 3.05) is 19.8 Å². The van der Waals surface area contributed by atoms with Crippen LogP contribution in [0, 0.1) is 0 Å². The fourth-order valence-corrected chi connectivity index (χ4v) is 3.70. The Bertz CT molecular complexity index is 989. The second-order valence-corrected chi connectivity index (χ2v) is 7.48. The second kappa shape index (κ2) is 10.7. The number of benzene rings is 2. The molecule has 0 aliphatic carbocycles. The molecule has 0 radical (unpaired) electrons. The molecule has 31 heavy (non-hydrogen) atoms. The van der Waals surface area contributed by atoms with Gasteiger partial charge in [0.25, 0.3) is 11.1 Å². The molecule has 7 nitrogen and oxygen atoms in total. The van der Waals surface area contributed by atoms with Crippen molar-refractivity contribution < 1.29 is 28.6 Å². The largest absolute Gasteiger partial charge is 0.490 e. The first-order valence-corrected chi connectivity index (χ1v) is 10.7. The molecule has 1 aliphatic heterocycles. The van der Waals surface area contributed by atoms with Crippen molar-refractivity contribution in [2.24, 2.45) is 0 Å². The summed E-state index contributed by atoms with van der Waals surface area (Å²) in [5, 5.41) is -0.503. The van der Waals surface area contributed by atoms with E-state index >= 15 is 0 Å². The van der Waals surface area contributed by atoms with Gasteiger partial charge in [-0.25, -0.2) is 0 Å². The first kappa shape index (κ1) is 22.4. The van der Waals surface area contributed by atoms with Crippen molar-refractivity contribution in [3.8, 4) is 11.5 Å². The summed E-state index contributed by atoms with van der Waals surface area (Å²) < 4.78 is 16.4. The number of amides is 2. The number of carbonyl (C=O) groups excluding carboxylic acids is 3. The lowest BCUT2D eigenvalue weighted by atomic mass is 10.1. The number of ether oxygens (including phenoxy) is 3. The molecule has 2 amide bonds. The van der Waals surface area contributed by atoms with Crippen LogP contribution in [0.2, 0.25) is 0 Å². The topological polar surface area (TPSA) is 82.1 Å². The predicted molar refractivity (Wildman–Crippen MR) is 118 cm³/mol. The molecule has 0 saturated carbocycles. The summed E-state index contributed by atoms with van der Waals surface area (Å²) in [5.41, 5.74) is 1.71. The molecule has 0 bridgehead atoms. The van der Waals surface area contributed by atoms with E-state index in [0.29, 0.717) is 30.3 Å². The van der Waals surface area contributed by atoms with Crippen molar-refractivity contribution in [3.63, 3.8) is 0 Å². The Morgan fingerprint density at radius 1 is 1.00 bits per heavy atom. The Labute approximate surface area is 185 Å². The van der Waals surface area contributed by atoms with E-state index in [1.807, 2.05) is 37.3 Å². The van der Waals surface area contributed by atoms with E-state index in [9.17, 15) is 14.4 Å². The van der Waals surface area contributed by atoms with Gasteiger partial charge in [0, 0.05) is 0 Å². The number of carbonyl (C=O) groups is 3. The normalized spacial score (nSPS) is 14.8. The van der Waals surface area contributed by atoms with Crippen LogP contribution >= 0.6 is 11.8 Å². The van der Waals surface area contributed by atoms with Crippen molar-refractivity contribution in [3.05, 3.63) is 64.6 Å². The standard InChI is InChI=1S/C23H23NO6S/c1-3-28-19-12-17(10-11-18(19)30-15-16-8-6-5-7-9-16)13-20-22(26)24(23(27)31-20)14-21(25)29-4-2/h5-13H,3-4,14-15H2,1-2H3. The first-order chi connectivity index (χ1) is 15.0. The van der Waals surface area contributed by atoms with Crippen molar-refractivity contribution in [1.82, 2.24) is 4.90 Å². The Morgan fingerprint density at radius 3 is 2.48 bits per heavy atom. The molecule has 0 aromatic heterocycles. The van der Waals surface area contributed by atoms with E-state index in [0.717, 1.165) is 22.2 Å². The average molecular weight is 442 g/mol. The molecular weight excluding hydrogens is 418 g/mol. The van der Waals surface area contributed by atoms with Gasteiger partial charge in [-0.3, -0.25) is 19.3 Å². The Hall–Kier alpha value is -3.26. The summed E-state index contributed by atoms with van der Waals surface area (Å²) in [4.78, 5) is 37.5. The fraction of sp³-hybridized carbons (Fsp3) is 0.261. The summed E-state index contributed by atoms with van der Waals surface area (Å²) in [6.45, 7) is 4.16. The summed E-state index contributed by atoms with van der Waals surface area (Å²) in [6.07, 6.45) is 1.60. The second-order valence-electron chi connectivity index (χ2n) is 6.49. The SMILES string of the molecule is CCOC(=O)CN1C(=O)SC(=Cc2ccc(OCc3ccccc3)c(OCC)c2)C1=O. The van der Waals surface area contributed by atoms with Crippen LogP contribution in [0.5, 0.6) is 11.5 Å². The van der Waals surface area contributed by atoms with Crippen LogP contribution in [-0.2, 0) is 20.9 Å². The first-order valence-electron chi connectivity index (χ1n) is 9.86. The highest BCUT2D eigenvalue weighted by Crippen LogP contribution is 2.35. The number of hydrogen-bond donors (Lipinski definition) is 0. The fourth-order valence-electron chi connectivity index (χ4n) is 2.86. The highest BCUT2D eigenvalue weighted by molar-refractivity contribution is 8.18. The lowest BCUT2D eigenvalue weighted by molar-refractivity contribution is -0.145. The third kappa shape index (κ3) is 5.88. The third-order valence-electron chi connectivity index (χ3n) is 4.27. The van der Waals surface area contributed by atoms with Crippen LogP contribution in [-0.4, -0.2) is 41.8 Å². The lowest BCUT2D eigenvalue weighted by Crippen LogP contribution is -2.34. The minimum Gasteiger partial charge on any atom is -0.490 e. The number of hydrogen-bond acceptors (Lipinski definition) is 7. The minimum absolute atomic E-state index is 0.184. The smallest absolute Gasteiger partial charge is 0.326 e. The van der Waals surface area contributed by atoms with Crippen LogP contribution in [0.25, 0.3) is 6.08 Å². The molecule has 1 aliphatic rings. The van der Waals surface area contributed by atoms with E-state index < -0.39 is 23.7 Å². The number of esters is 1. The molecular formula is C23H23NO6S. The zero-order valence-electron chi connectivity index (χ0n) is 17.3. The maximum atomic E-state index is 12.5. The highest BCUT2D eigenvalue weighted by Gasteiger charge is 2.36. The molecule has 2 aromatic carbocycles. The van der Waals surface area contributed by atoms with Crippen molar-refractivity contribution in [1.29, 1.82) is 0 Å². The molecule has 8 heteroatoms. The van der Waals surface area contributed by atoms with E-state index in [4.69, 9.17) is 14.2 Å². The lowest BCUT2D eigenvalue weighted by Gasteiger charge is -2.13. The molecule has 0 spiro atoms. The molecule has 2 aromatic rings. The van der Waals surface area contributed by atoms with Crippen molar-refractivity contribution in [2.45, 2.75) is 20.5 Å². The van der Waals surface area contributed by atoms with E-state index in [-0.39, 0.29) is 11.5 Å². The van der Waals surface area contributed by atoms with Gasteiger partial charge in [0.1, 0.15) is 13.2 Å². The number of imide groups is 1. The van der Waals surface area contributed by atoms with Gasteiger partial charge in [-0.15, -0.1) is 0 Å². The predicted octanol–water partition coefficient (Wildman–Crippen LogP) is 4.26. The average Bonchev–Trinajstić information content (AvgIpc) is 3.01. The molecule has 0 atom stereocenters. The van der Waals surface area contributed by atoms with Crippen LogP contribution in [0.4, 0.5) is 4.79 Å². The van der Waals surface area contributed by atoms with Gasteiger partial charge in [-0.2, -0.15) is 0 Å². The van der Waals surface area contributed by atoms with E-state index in [1.165, 1.54) is 0 Å². The van der Waals surface area contributed by atoms with E-state index in [1.54, 1.807) is 31.2 Å². The van der Waals surface area contributed by atoms with Gasteiger partial charge in [-0.1, -0.05) is 36.4 Å². The molecule has 1 saturated heterocycles. The quantitative estimate of drug-likeness (QED) is 0.425. The van der Waals surface area contributed by atoms with Gasteiger partial charge in [0.15, 0.2) is 11.5 Å². The van der Waals surface area contributed by atoms with Crippen LogP contribution in [0.3, 0.4) is 0 Å². The maximum Gasteiger partial charge on any atom is 0.326 e. The van der Waals surface area contributed by atoms with Gasteiger partial charge in [0.05, 0.1) is 18.1 Å². The number of thioether (sulfide) groups is 1. The monoisotopic (exact) mass is 441 g/mol. The molecule has 1 fully saturated rings. The Morgan fingerprint density at radius 2 is 1.77 bits per heavy atom. The van der Waals surface area contributed by atoms with Crippen LogP contribution in [0.15, 0.2) is 53.4 Å². The number of rotatable bonds is 9. The summed E-state index contributed by atoms with van der Waals surface area (Å²) in [5.74, 6) is -0.0220. The Kier molecular flexibility index (Phi) is 7.72. The minimum atomic E-state index is -0.621. The van der Waals surface area contributed by atoms with Crippen molar-refractivity contribution >= 4 is 35.0 Å². The van der Waals surface area contributed by atoms with E-state index in [2.05, 4.69) is 0 Å². The molecule has 1 heterocycles. The molecule has 162 valence electrons. The summed E-state index contributed by atoms with van der Waals surface area (Å²) in [6, 6.07) is 15.1. The van der Waals surface area contributed by atoms with Gasteiger partial charge >= 0.3 is 5.97 Å². The number of nitrogens with zero attached hydrogens (tertiary/aromatic N) is 1. The summed E-state index contributed by atoms with van der Waals surface area (Å²) in [7, 11) is 0. The van der Waals surface area contributed by atoms with Crippen LogP contribution < -0.4 is 9.47 Å². The van der Waals surface area contributed by atoms with Gasteiger partial charge in [0.2, 0.25) is 0 Å². The van der Waals surface area contributed by atoms with Gasteiger partial charge in [-0.05, 0) is 54.9 Å². The molecule has 0 N–H and O–H groups in total. The zero-order valence-corrected chi connectivity index (χ0v) is 18.1. The zero-order chi connectivity index (χ0) is 22.2. The molecule has 3 rings (SSSR count). The summed E-state index contributed by atoms with van der Waals surface area (Å²) >= 11 is 0.786. The third-order valence-corrected chi connectivity index (χ3v) is 5.18. The Balaban J connectivity index is 1.75. The highest BCUT2D eigenvalue weighted by atomic mass is 32.2. The molecule has 0 unspecified atom stereocenters. The van der Waals surface area contributed by atoms with Crippen LogP contribution in [0.1, 0.15) is 25.0 Å². The van der Waals surface area contributed by atoms with Gasteiger partial charge < -0.3 is 14.2 Å². The maximum absolute atomic E-state index is 12.5.